The first-order valence-electron chi connectivity index (χ1n) is 7.62. The Labute approximate surface area is 153 Å². The molecule has 0 unspecified atom stereocenters. The number of benzene rings is 1. The Kier molecular flexibility index (Phi) is 4.72. The van der Waals surface area contributed by atoms with Crippen LogP contribution in [0.5, 0.6) is 0 Å². The minimum absolute atomic E-state index is 0.139. The molecule has 2 heterocycles. The third-order valence-electron chi connectivity index (χ3n) is 3.80. The summed E-state index contributed by atoms with van der Waals surface area (Å²) in [6.07, 6.45) is 1.04. The van der Waals surface area contributed by atoms with Crippen LogP contribution in [-0.2, 0) is 13.6 Å². The molecule has 0 aliphatic carbocycles. The SMILES string of the molecule is Cc1cc(NC(=O)c2c([N+](=O)[O-])cnn2C)nn1Cc1ccc(Cl)cc1. The summed E-state index contributed by atoms with van der Waals surface area (Å²) < 4.78 is 2.88. The van der Waals surface area contributed by atoms with Gasteiger partial charge < -0.3 is 5.32 Å². The summed E-state index contributed by atoms with van der Waals surface area (Å²) in [6.45, 7) is 2.36. The summed E-state index contributed by atoms with van der Waals surface area (Å²) in [5.41, 5.74) is 1.33. The molecular weight excluding hydrogens is 360 g/mol. The summed E-state index contributed by atoms with van der Waals surface area (Å²) in [5.74, 6) is -0.343. The third-order valence-corrected chi connectivity index (χ3v) is 4.05. The van der Waals surface area contributed by atoms with Crippen LogP contribution < -0.4 is 5.32 Å². The normalized spacial score (nSPS) is 10.7. The monoisotopic (exact) mass is 374 g/mol. The van der Waals surface area contributed by atoms with Gasteiger partial charge in [0, 0.05) is 23.8 Å². The molecule has 0 aliphatic rings. The molecule has 2 aromatic heterocycles. The highest BCUT2D eigenvalue weighted by Gasteiger charge is 2.26. The van der Waals surface area contributed by atoms with Crippen molar-refractivity contribution in [2.45, 2.75) is 13.5 Å². The number of halogens is 1. The van der Waals surface area contributed by atoms with Crippen molar-refractivity contribution < 1.29 is 9.72 Å². The molecule has 0 radical (unpaired) electrons. The van der Waals surface area contributed by atoms with Crippen molar-refractivity contribution in [1.82, 2.24) is 19.6 Å². The first-order chi connectivity index (χ1) is 12.3. The molecule has 3 rings (SSSR count). The molecule has 3 aromatic rings. The Bertz CT molecular complexity index is 977. The number of carbonyl (C=O) groups is 1. The smallest absolute Gasteiger partial charge is 0.303 e. The average Bonchev–Trinajstić information content (AvgIpc) is 3.12. The van der Waals surface area contributed by atoms with Crippen LogP contribution in [0.1, 0.15) is 21.7 Å². The molecule has 1 aromatic carbocycles. The van der Waals surface area contributed by atoms with Gasteiger partial charge in [0.1, 0.15) is 6.20 Å². The third kappa shape index (κ3) is 3.57. The fourth-order valence-corrected chi connectivity index (χ4v) is 2.62. The number of nitro groups is 1. The Morgan fingerprint density at radius 1 is 1.35 bits per heavy atom. The van der Waals surface area contributed by atoms with Crippen molar-refractivity contribution in [3.05, 3.63) is 68.6 Å². The van der Waals surface area contributed by atoms with Gasteiger partial charge in [0.15, 0.2) is 5.82 Å². The molecule has 0 fully saturated rings. The van der Waals surface area contributed by atoms with Crippen LogP contribution >= 0.6 is 11.6 Å². The summed E-state index contributed by atoms with van der Waals surface area (Å²) in [6, 6.07) is 9.05. The fourth-order valence-electron chi connectivity index (χ4n) is 2.49. The summed E-state index contributed by atoms with van der Waals surface area (Å²) in [4.78, 5) is 22.8. The molecule has 10 heteroatoms. The number of aryl methyl sites for hydroxylation is 2. The molecular formula is C16H15ClN6O3. The Morgan fingerprint density at radius 2 is 2.04 bits per heavy atom. The van der Waals surface area contributed by atoms with Crippen molar-refractivity contribution in [2.24, 2.45) is 7.05 Å². The molecule has 0 saturated heterocycles. The zero-order valence-corrected chi connectivity index (χ0v) is 14.8. The molecule has 0 saturated carbocycles. The summed E-state index contributed by atoms with van der Waals surface area (Å²) in [7, 11) is 1.46. The van der Waals surface area contributed by atoms with Gasteiger partial charge in [-0.1, -0.05) is 23.7 Å². The van der Waals surface area contributed by atoms with E-state index in [-0.39, 0.29) is 11.4 Å². The number of hydrogen-bond acceptors (Lipinski definition) is 5. The highest BCUT2D eigenvalue weighted by molar-refractivity contribution is 6.30. The number of nitrogens with zero attached hydrogens (tertiary/aromatic N) is 5. The first-order valence-corrected chi connectivity index (χ1v) is 7.99. The lowest BCUT2D eigenvalue weighted by Crippen LogP contribution is -2.18. The van der Waals surface area contributed by atoms with E-state index < -0.39 is 10.8 Å². The number of carbonyl (C=O) groups excluding carboxylic acids is 1. The summed E-state index contributed by atoms with van der Waals surface area (Å²) >= 11 is 5.88. The van der Waals surface area contributed by atoms with Gasteiger partial charge in [-0.25, -0.2) is 0 Å². The minimum atomic E-state index is -0.647. The molecule has 0 atom stereocenters. The second-order valence-corrected chi connectivity index (χ2v) is 6.10. The lowest BCUT2D eigenvalue weighted by Gasteiger charge is -2.05. The van der Waals surface area contributed by atoms with Gasteiger partial charge in [-0.15, -0.1) is 0 Å². The van der Waals surface area contributed by atoms with Gasteiger partial charge >= 0.3 is 5.69 Å². The van der Waals surface area contributed by atoms with Gasteiger partial charge in [-0.05, 0) is 24.6 Å². The molecule has 9 nitrogen and oxygen atoms in total. The molecule has 0 bridgehead atoms. The highest BCUT2D eigenvalue weighted by Crippen LogP contribution is 2.19. The van der Waals surface area contributed by atoms with Crippen LogP contribution in [0.2, 0.25) is 5.02 Å². The quantitative estimate of drug-likeness (QED) is 0.545. The van der Waals surface area contributed by atoms with Crippen LogP contribution in [0.3, 0.4) is 0 Å². The van der Waals surface area contributed by atoms with E-state index in [0.29, 0.717) is 17.4 Å². The lowest BCUT2D eigenvalue weighted by molar-refractivity contribution is -0.385. The molecule has 1 amide bonds. The highest BCUT2D eigenvalue weighted by atomic mass is 35.5. The number of hydrogen-bond donors (Lipinski definition) is 1. The number of rotatable bonds is 5. The van der Waals surface area contributed by atoms with Crippen LogP contribution in [0.15, 0.2) is 36.5 Å². The van der Waals surface area contributed by atoms with E-state index in [2.05, 4.69) is 15.5 Å². The van der Waals surface area contributed by atoms with E-state index in [1.54, 1.807) is 22.9 Å². The predicted octanol–water partition coefficient (Wildman–Crippen LogP) is 2.79. The number of amides is 1. The van der Waals surface area contributed by atoms with Crippen LogP contribution in [0.25, 0.3) is 0 Å². The van der Waals surface area contributed by atoms with Gasteiger partial charge in [0.2, 0.25) is 5.69 Å². The maximum atomic E-state index is 12.4. The molecule has 0 spiro atoms. The zero-order chi connectivity index (χ0) is 18.8. The number of anilines is 1. The second-order valence-electron chi connectivity index (χ2n) is 5.67. The lowest BCUT2D eigenvalue weighted by atomic mass is 10.2. The van der Waals surface area contributed by atoms with E-state index in [1.165, 1.54) is 7.05 Å². The molecule has 1 N–H and O–H groups in total. The molecule has 134 valence electrons. The standard InChI is InChI=1S/C16H15ClN6O3/c1-10-7-14(20-22(10)9-11-3-5-12(17)6-4-11)19-16(24)15-13(23(25)26)8-18-21(15)2/h3-8H,9H2,1-2H3,(H,19,20,24). The largest absolute Gasteiger partial charge is 0.320 e. The van der Waals surface area contributed by atoms with E-state index in [4.69, 9.17) is 11.6 Å². The first kappa shape index (κ1) is 17.6. The topological polar surface area (TPSA) is 108 Å². The van der Waals surface area contributed by atoms with Crippen molar-refractivity contribution in [3.8, 4) is 0 Å². The van der Waals surface area contributed by atoms with Gasteiger partial charge in [0.25, 0.3) is 5.91 Å². The van der Waals surface area contributed by atoms with Crippen LogP contribution in [0, 0.1) is 17.0 Å². The minimum Gasteiger partial charge on any atom is -0.303 e. The van der Waals surface area contributed by atoms with Crippen molar-refractivity contribution in [3.63, 3.8) is 0 Å². The van der Waals surface area contributed by atoms with Crippen LogP contribution in [0.4, 0.5) is 11.5 Å². The van der Waals surface area contributed by atoms with E-state index in [0.717, 1.165) is 22.1 Å². The fraction of sp³-hybridized carbons (Fsp3) is 0.188. The van der Waals surface area contributed by atoms with Crippen molar-refractivity contribution in [1.29, 1.82) is 0 Å². The van der Waals surface area contributed by atoms with Gasteiger partial charge in [-0.2, -0.15) is 10.2 Å². The maximum Gasteiger partial charge on any atom is 0.320 e. The summed E-state index contributed by atoms with van der Waals surface area (Å²) in [5, 5.41) is 22.3. The number of aromatic nitrogens is 4. The second kappa shape index (κ2) is 6.96. The van der Waals surface area contributed by atoms with Crippen molar-refractivity contribution in [2.75, 3.05) is 5.32 Å². The maximum absolute atomic E-state index is 12.4. The van der Waals surface area contributed by atoms with E-state index in [1.807, 2.05) is 19.1 Å². The Hall–Kier alpha value is -3.20. The number of nitrogens with one attached hydrogen (secondary N) is 1. The van der Waals surface area contributed by atoms with Gasteiger partial charge in [0.05, 0.1) is 11.5 Å². The zero-order valence-electron chi connectivity index (χ0n) is 14.0. The predicted molar refractivity (Wildman–Crippen MR) is 95.3 cm³/mol. The molecule has 0 aliphatic heterocycles. The van der Waals surface area contributed by atoms with Crippen molar-refractivity contribution >= 4 is 29.0 Å². The molecule has 26 heavy (non-hydrogen) atoms. The van der Waals surface area contributed by atoms with Crippen LogP contribution in [-0.4, -0.2) is 30.4 Å². The van der Waals surface area contributed by atoms with E-state index >= 15 is 0 Å². The van der Waals surface area contributed by atoms with E-state index in [9.17, 15) is 14.9 Å². The Balaban J connectivity index is 1.79. The van der Waals surface area contributed by atoms with Gasteiger partial charge in [-0.3, -0.25) is 24.3 Å². The average molecular weight is 375 g/mol. The Morgan fingerprint density at radius 3 is 2.69 bits per heavy atom.